The SMILES string of the molecule is COc1ccc(Cl)cc1NC(=O)C12CCC(C)(/C(=N/Nc3ccccc3)C1=O)C2(C)C. The van der Waals surface area contributed by atoms with Crippen LogP contribution in [-0.4, -0.2) is 24.5 Å². The lowest BCUT2D eigenvalue weighted by Gasteiger charge is -2.37. The first-order valence-corrected chi connectivity index (χ1v) is 10.6. The number of methoxy groups -OCH3 is 1. The fraction of sp³-hybridized carbons (Fsp3) is 0.375. The van der Waals surface area contributed by atoms with Gasteiger partial charge in [0, 0.05) is 10.4 Å². The van der Waals surface area contributed by atoms with E-state index < -0.39 is 16.2 Å². The number of ketones is 1. The van der Waals surface area contributed by atoms with Gasteiger partial charge >= 0.3 is 0 Å². The van der Waals surface area contributed by atoms with Gasteiger partial charge in [0.05, 0.1) is 18.5 Å². The molecule has 0 spiro atoms. The average molecular weight is 440 g/mol. The third-order valence-electron chi connectivity index (χ3n) is 7.44. The van der Waals surface area contributed by atoms with E-state index in [1.165, 1.54) is 7.11 Å². The van der Waals surface area contributed by atoms with Crippen LogP contribution in [0.5, 0.6) is 5.75 Å². The number of para-hydroxylation sites is 1. The van der Waals surface area contributed by atoms with Crippen molar-refractivity contribution in [1.29, 1.82) is 0 Å². The number of ether oxygens (including phenoxy) is 1. The Balaban J connectivity index is 1.71. The maximum absolute atomic E-state index is 13.7. The third kappa shape index (κ3) is 2.96. The molecule has 2 aromatic carbocycles. The quantitative estimate of drug-likeness (QED) is 0.498. The zero-order valence-corrected chi connectivity index (χ0v) is 18.8. The molecule has 2 fully saturated rings. The van der Waals surface area contributed by atoms with Crippen molar-refractivity contribution >= 4 is 40.4 Å². The topological polar surface area (TPSA) is 79.8 Å². The lowest BCUT2D eigenvalue weighted by Crippen LogP contribution is -2.47. The monoisotopic (exact) mass is 439 g/mol. The zero-order valence-electron chi connectivity index (χ0n) is 18.1. The van der Waals surface area contributed by atoms with Gasteiger partial charge in [0.2, 0.25) is 5.91 Å². The van der Waals surface area contributed by atoms with Crippen molar-refractivity contribution in [2.24, 2.45) is 21.3 Å². The summed E-state index contributed by atoms with van der Waals surface area (Å²) in [7, 11) is 1.52. The molecule has 2 unspecified atom stereocenters. The number of carbonyl (C=O) groups excluding carboxylic acids is 2. The minimum atomic E-state index is -1.22. The molecule has 0 saturated heterocycles. The minimum Gasteiger partial charge on any atom is -0.495 e. The smallest absolute Gasteiger partial charge is 0.239 e. The van der Waals surface area contributed by atoms with Crippen molar-refractivity contribution in [2.45, 2.75) is 33.6 Å². The molecule has 0 aromatic heterocycles. The maximum Gasteiger partial charge on any atom is 0.239 e. The number of hydrogen-bond donors (Lipinski definition) is 2. The Morgan fingerprint density at radius 1 is 1.10 bits per heavy atom. The highest BCUT2D eigenvalue weighted by atomic mass is 35.5. The number of carbonyl (C=O) groups is 2. The van der Waals surface area contributed by atoms with Gasteiger partial charge in [-0.1, -0.05) is 50.6 Å². The zero-order chi connectivity index (χ0) is 22.4. The van der Waals surface area contributed by atoms with E-state index in [-0.39, 0.29) is 11.7 Å². The normalized spacial score (nSPS) is 27.4. The van der Waals surface area contributed by atoms with Crippen LogP contribution in [-0.2, 0) is 9.59 Å². The van der Waals surface area contributed by atoms with Crippen LogP contribution in [0.3, 0.4) is 0 Å². The first kappa shape index (κ1) is 21.4. The Bertz CT molecular complexity index is 1080. The second-order valence-electron chi connectivity index (χ2n) is 8.93. The van der Waals surface area contributed by atoms with Gasteiger partial charge in [0.15, 0.2) is 5.78 Å². The van der Waals surface area contributed by atoms with Crippen LogP contribution in [0, 0.1) is 16.2 Å². The lowest BCUT2D eigenvalue weighted by molar-refractivity contribution is -0.140. The molecule has 1 amide bonds. The van der Waals surface area contributed by atoms with E-state index >= 15 is 0 Å². The van der Waals surface area contributed by atoms with Crippen LogP contribution in [0.1, 0.15) is 33.6 Å². The Labute approximate surface area is 187 Å². The van der Waals surface area contributed by atoms with E-state index in [0.29, 0.717) is 35.0 Å². The molecule has 31 heavy (non-hydrogen) atoms. The number of hydrogen-bond acceptors (Lipinski definition) is 5. The average Bonchev–Trinajstić information content (AvgIpc) is 3.02. The number of hydrazone groups is 1. The summed E-state index contributed by atoms with van der Waals surface area (Å²) in [5, 5.41) is 7.88. The van der Waals surface area contributed by atoms with Crippen molar-refractivity contribution in [3.8, 4) is 5.75 Å². The van der Waals surface area contributed by atoms with Crippen molar-refractivity contribution < 1.29 is 14.3 Å². The Hall–Kier alpha value is -2.86. The molecule has 2 atom stereocenters. The van der Waals surface area contributed by atoms with Crippen LogP contribution >= 0.6 is 11.6 Å². The van der Waals surface area contributed by atoms with Crippen LogP contribution in [0.4, 0.5) is 11.4 Å². The van der Waals surface area contributed by atoms with Gasteiger partial charge < -0.3 is 10.1 Å². The summed E-state index contributed by atoms with van der Waals surface area (Å²) in [5.41, 5.74) is 2.28. The fourth-order valence-corrected chi connectivity index (χ4v) is 5.28. The van der Waals surface area contributed by atoms with E-state index in [1.54, 1.807) is 18.2 Å². The minimum absolute atomic E-state index is 0.229. The Morgan fingerprint density at radius 3 is 2.48 bits per heavy atom. The van der Waals surface area contributed by atoms with E-state index in [2.05, 4.69) is 15.8 Å². The molecule has 2 saturated carbocycles. The van der Waals surface area contributed by atoms with Gasteiger partial charge in [-0.2, -0.15) is 5.10 Å². The number of halogens is 1. The molecule has 2 aliphatic rings. The molecule has 0 radical (unpaired) electrons. The first-order chi connectivity index (χ1) is 14.7. The van der Waals surface area contributed by atoms with E-state index in [0.717, 1.165) is 5.69 Å². The molecular weight excluding hydrogens is 414 g/mol. The molecule has 6 nitrogen and oxygen atoms in total. The molecule has 2 aliphatic carbocycles. The van der Waals surface area contributed by atoms with Crippen molar-refractivity contribution in [1.82, 2.24) is 0 Å². The number of nitrogens with zero attached hydrogens (tertiary/aromatic N) is 1. The largest absolute Gasteiger partial charge is 0.495 e. The highest BCUT2D eigenvalue weighted by molar-refractivity contribution is 6.51. The van der Waals surface area contributed by atoms with Gasteiger partial charge in [-0.15, -0.1) is 0 Å². The van der Waals surface area contributed by atoms with Gasteiger partial charge in [0.25, 0.3) is 0 Å². The van der Waals surface area contributed by atoms with Crippen molar-refractivity contribution in [3.05, 3.63) is 53.6 Å². The molecule has 2 bridgehead atoms. The third-order valence-corrected chi connectivity index (χ3v) is 7.67. The van der Waals surface area contributed by atoms with Crippen LogP contribution in [0.15, 0.2) is 53.6 Å². The predicted molar refractivity (Wildman–Crippen MR) is 123 cm³/mol. The van der Waals surface area contributed by atoms with Crippen molar-refractivity contribution in [2.75, 3.05) is 17.9 Å². The summed E-state index contributed by atoms with van der Waals surface area (Å²) in [6, 6.07) is 14.5. The maximum atomic E-state index is 13.7. The number of benzene rings is 2. The van der Waals surface area contributed by atoms with Gasteiger partial charge in [0.1, 0.15) is 16.9 Å². The second kappa shape index (κ2) is 7.38. The number of nitrogens with one attached hydrogen (secondary N) is 2. The molecule has 0 heterocycles. The van der Waals surface area contributed by atoms with E-state index in [9.17, 15) is 9.59 Å². The summed E-state index contributed by atoms with van der Waals surface area (Å²) >= 11 is 6.12. The van der Waals surface area contributed by atoms with Crippen LogP contribution in [0.25, 0.3) is 0 Å². The Kier molecular flexibility index (Phi) is 5.09. The second-order valence-corrected chi connectivity index (χ2v) is 9.36. The molecule has 4 rings (SSSR count). The van der Waals surface area contributed by atoms with Gasteiger partial charge in [-0.25, -0.2) is 0 Å². The fourth-order valence-electron chi connectivity index (χ4n) is 5.11. The van der Waals surface area contributed by atoms with Crippen molar-refractivity contribution in [3.63, 3.8) is 0 Å². The number of fused-ring (bicyclic) bond motifs is 2. The number of Topliss-reactive ketones (excluding diaryl/α,β-unsaturated/α-hetero) is 1. The Morgan fingerprint density at radius 2 is 1.81 bits per heavy atom. The molecular formula is C24H26ClN3O3. The molecule has 7 heteroatoms. The summed E-state index contributed by atoms with van der Waals surface area (Å²) in [5.74, 6) is -0.0947. The summed E-state index contributed by atoms with van der Waals surface area (Å²) in [6.07, 6.45) is 1.16. The highest BCUT2D eigenvalue weighted by Gasteiger charge is 2.76. The predicted octanol–water partition coefficient (Wildman–Crippen LogP) is 5.15. The first-order valence-electron chi connectivity index (χ1n) is 10.3. The van der Waals surface area contributed by atoms with E-state index in [4.69, 9.17) is 16.3 Å². The number of amides is 1. The van der Waals surface area contributed by atoms with Crippen LogP contribution in [0.2, 0.25) is 5.02 Å². The summed E-state index contributed by atoms with van der Waals surface area (Å²) in [4.78, 5) is 27.4. The number of anilines is 2. The lowest BCUT2D eigenvalue weighted by atomic mass is 9.64. The van der Waals surface area contributed by atoms with E-state index in [1.807, 2.05) is 51.1 Å². The standard InChI is InChI=1S/C24H26ClN3O3/c1-22(2)23(3)12-13-24(22,20(29)19(23)28-27-16-8-6-5-7-9-16)21(30)26-17-14-15(25)10-11-18(17)31-4/h5-11,14,27H,12-13H2,1-4H3,(H,26,30)/b28-19+. The highest BCUT2D eigenvalue weighted by Crippen LogP contribution is 2.69. The molecule has 0 aliphatic heterocycles. The molecule has 162 valence electrons. The van der Waals surface area contributed by atoms with Gasteiger partial charge in [-0.3, -0.25) is 15.0 Å². The summed E-state index contributed by atoms with van der Waals surface area (Å²) in [6.45, 7) is 5.99. The molecule has 2 aromatic rings. The van der Waals surface area contributed by atoms with Crippen LogP contribution < -0.4 is 15.5 Å². The molecule has 2 N–H and O–H groups in total. The number of rotatable bonds is 5. The van der Waals surface area contributed by atoms with Gasteiger partial charge in [-0.05, 0) is 48.6 Å². The summed E-state index contributed by atoms with van der Waals surface area (Å²) < 4.78 is 5.36.